The maximum absolute atomic E-state index is 12.3. The number of rotatable bonds is 4. The number of nitriles is 1. The molecule has 0 aliphatic heterocycles. The van der Waals surface area contributed by atoms with Gasteiger partial charge < -0.3 is 14.4 Å². The van der Waals surface area contributed by atoms with E-state index in [4.69, 9.17) is 10.00 Å². The largest absolute Gasteiger partial charge is 0.507 e. The first-order valence-corrected chi connectivity index (χ1v) is 7.61. The Labute approximate surface area is 139 Å². The molecule has 0 saturated heterocycles. The molecule has 0 aliphatic carbocycles. The van der Waals surface area contributed by atoms with Crippen LogP contribution in [0, 0.1) is 11.3 Å². The highest BCUT2D eigenvalue weighted by molar-refractivity contribution is 5.97. The van der Waals surface area contributed by atoms with E-state index in [-0.39, 0.29) is 12.4 Å². The number of aromatic nitrogens is 1. The van der Waals surface area contributed by atoms with Crippen LogP contribution in [0.5, 0.6) is 5.75 Å². The van der Waals surface area contributed by atoms with Crippen LogP contribution in [-0.4, -0.2) is 22.2 Å². The number of aromatic hydroxyl groups is 1. The average Bonchev–Trinajstić information content (AvgIpc) is 2.95. The zero-order chi connectivity index (χ0) is 17.1. The molecule has 0 radical (unpaired) electrons. The van der Waals surface area contributed by atoms with Crippen molar-refractivity contribution in [3.05, 3.63) is 65.4 Å². The molecule has 0 unspecified atom stereocenters. The SMILES string of the molecule is CCOC(=O)c1cc2c(O)cccc2n1Cc1cccc(C#N)c1. The summed E-state index contributed by atoms with van der Waals surface area (Å²) in [5.41, 5.74) is 2.56. The molecule has 1 heterocycles. The Morgan fingerprint density at radius 3 is 2.79 bits per heavy atom. The predicted molar refractivity (Wildman–Crippen MR) is 89.8 cm³/mol. The van der Waals surface area contributed by atoms with Gasteiger partial charge in [-0.1, -0.05) is 18.2 Å². The van der Waals surface area contributed by atoms with E-state index in [1.165, 1.54) is 0 Å². The number of phenolic OH excluding ortho intramolecular Hbond substituents is 1. The second kappa shape index (κ2) is 6.47. The first-order valence-electron chi connectivity index (χ1n) is 7.61. The average molecular weight is 320 g/mol. The van der Waals surface area contributed by atoms with Gasteiger partial charge in [-0.05, 0) is 42.8 Å². The number of fused-ring (bicyclic) bond motifs is 1. The van der Waals surface area contributed by atoms with E-state index in [2.05, 4.69) is 6.07 Å². The minimum atomic E-state index is -0.440. The Hall–Kier alpha value is -3.26. The lowest BCUT2D eigenvalue weighted by molar-refractivity contribution is 0.0515. The van der Waals surface area contributed by atoms with Gasteiger partial charge in [-0.15, -0.1) is 0 Å². The van der Waals surface area contributed by atoms with Crippen LogP contribution in [0.1, 0.15) is 28.5 Å². The number of nitrogens with zero attached hydrogens (tertiary/aromatic N) is 2. The number of phenols is 1. The summed E-state index contributed by atoms with van der Waals surface area (Å²) in [6, 6.07) is 16.1. The summed E-state index contributed by atoms with van der Waals surface area (Å²) >= 11 is 0. The summed E-state index contributed by atoms with van der Waals surface area (Å²) in [7, 11) is 0. The third-order valence-electron chi connectivity index (χ3n) is 3.80. The third kappa shape index (κ3) is 2.82. The van der Waals surface area contributed by atoms with Gasteiger partial charge in [0.2, 0.25) is 0 Å². The van der Waals surface area contributed by atoms with Crippen molar-refractivity contribution < 1.29 is 14.6 Å². The Morgan fingerprint density at radius 1 is 1.25 bits per heavy atom. The lowest BCUT2D eigenvalue weighted by Gasteiger charge is -2.10. The molecular formula is C19H16N2O3. The van der Waals surface area contributed by atoms with Crippen molar-refractivity contribution in [1.82, 2.24) is 4.57 Å². The Kier molecular flexibility index (Phi) is 4.21. The summed E-state index contributed by atoms with van der Waals surface area (Å²) in [5.74, 6) is -0.327. The molecule has 3 rings (SSSR count). The molecule has 5 heteroatoms. The number of carbonyl (C=O) groups is 1. The molecule has 3 aromatic rings. The second-order valence-electron chi connectivity index (χ2n) is 5.36. The van der Waals surface area contributed by atoms with E-state index >= 15 is 0 Å². The van der Waals surface area contributed by atoms with Crippen molar-refractivity contribution in [2.45, 2.75) is 13.5 Å². The third-order valence-corrected chi connectivity index (χ3v) is 3.80. The Balaban J connectivity index is 2.13. The normalized spacial score (nSPS) is 10.5. The fourth-order valence-electron chi connectivity index (χ4n) is 2.74. The van der Waals surface area contributed by atoms with Gasteiger partial charge >= 0.3 is 5.97 Å². The van der Waals surface area contributed by atoms with Crippen LogP contribution in [0.25, 0.3) is 10.9 Å². The monoisotopic (exact) mass is 320 g/mol. The molecule has 2 aromatic carbocycles. The summed E-state index contributed by atoms with van der Waals surface area (Å²) in [5, 5.41) is 19.7. The number of benzene rings is 2. The smallest absolute Gasteiger partial charge is 0.354 e. The second-order valence-corrected chi connectivity index (χ2v) is 5.36. The lowest BCUT2D eigenvalue weighted by atomic mass is 10.1. The molecule has 0 amide bonds. The zero-order valence-corrected chi connectivity index (χ0v) is 13.2. The van der Waals surface area contributed by atoms with Crippen LogP contribution in [0.15, 0.2) is 48.5 Å². The molecule has 0 bridgehead atoms. The molecule has 5 nitrogen and oxygen atoms in total. The maximum Gasteiger partial charge on any atom is 0.354 e. The number of esters is 1. The van der Waals surface area contributed by atoms with E-state index in [9.17, 15) is 9.90 Å². The first-order chi connectivity index (χ1) is 11.6. The summed E-state index contributed by atoms with van der Waals surface area (Å²) < 4.78 is 6.92. The number of hydrogen-bond acceptors (Lipinski definition) is 4. The maximum atomic E-state index is 12.3. The van der Waals surface area contributed by atoms with E-state index in [0.717, 1.165) is 11.1 Å². The quantitative estimate of drug-likeness (QED) is 0.747. The van der Waals surface area contributed by atoms with Crippen LogP contribution >= 0.6 is 0 Å². The van der Waals surface area contributed by atoms with Crippen LogP contribution in [-0.2, 0) is 11.3 Å². The van der Waals surface area contributed by atoms with Gasteiger partial charge in [0, 0.05) is 11.9 Å². The van der Waals surface area contributed by atoms with Crippen LogP contribution in [0.4, 0.5) is 0 Å². The van der Waals surface area contributed by atoms with Gasteiger partial charge in [0.25, 0.3) is 0 Å². The number of ether oxygens (including phenoxy) is 1. The number of carbonyl (C=O) groups excluding carboxylic acids is 1. The van der Waals surface area contributed by atoms with Crippen molar-refractivity contribution >= 4 is 16.9 Å². The van der Waals surface area contributed by atoms with Gasteiger partial charge in [-0.2, -0.15) is 5.26 Å². The fraction of sp³-hybridized carbons (Fsp3) is 0.158. The van der Waals surface area contributed by atoms with E-state index < -0.39 is 5.97 Å². The van der Waals surface area contributed by atoms with Crippen LogP contribution in [0.2, 0.25) is 0 Å². The minimum Gasteiger partial charge on any atom is -0.507 e. The van der Waals surface area contributed by atoms with E-state index in [1.807, 2.05) is 12.1 Å². The molecule has 0 spiro atoms. The summed E-state index contributed by atoms with van der Waals surface area (Å²) in [4.78, 5) is 12.3. The van der Waals surface area contributed by atoms with Crippen LogP contribution < -0.4 is 0 Å². The number of hydrogen-bond donors (Lipinski definition) is 1. The summed E-state index contributed by atoms with van der Waals surface area (Å²) in [6.07, 6.45) is 0. The molecule has 0 atom stereocenters. The van der Waals surface area contributed by atoms with Crippen molar-refractivity contribution in [3.63, 3.8) is 0 Å². The molecule has 0 fully saturated rings. The minimum absolute atomic E-state index is 0.113. The van der Waals surface area contributed by atoms with Crippen LogP contribution in [0.3, 0.4) is 0 Å². The molecule has 1 aromatic heterocycles. The molecule has 120 valence electrons. The highest BCUT2D eigenvalue weighted by atomic mass is 16.5. The fourth-order valence-corrected chi connectivity index (χ4v) is 2.74. The van der Waals surface area contributed by atoms with Gasteiger partial charge in [0.1, 0.15) is 11.4 Å². The highest BCUT2D eigenvalue weighted by Gasteiger charge is 2.18. The molecule has 1 N–H and O–H groups in total. The summed E-state index contributed by atoms with van der Waals surface area (Å²) in [6.45, 7) is 2.42. The van der Waals surface area contributed by atoms with Gasteiger partial charge in [0.15, 0.2) is 0 Å². The topological polar surface area (TPSA) is 75.2 Å². The highest BCUT2D eigenvalue weighted by Crippen LogP contribution is 2.29. The van der Waals surface area contributed by atoms with Crippen molar-refractivity contribution in [1.29, 1.82) is 5.26 Å². The Morgan fingerprint density at radius 2 is 2.04 bits per heavy atom. The molecule has 0 aliphatic rings. The molecular weight excluding hydrogens is 304 g/mol. The van der Waals surface area contributed by atoms with Crippen molar-refractivity contribution in [3.8, 4) is 11.8 Å². The van der Waals surface area contributed by atoms with Gasteiger partial charge in [-0.25, -0.2) is 4.79 Å². The molecule has 24 heavy (non-hydrogen) atoms. The standard InChI is InChI=1S/C19H16N2O3/c1-2-24-19(23)17-10-15-16(7-4-8-18(15)22)21(17)12-14-6-3-5-13(9-14)11-20/h3-10,22H,2,12H2,1H3. The lowest BCUT2D eigenvalue weighted by Crippen LogP contribution is -2.12. The van der Waals surface area contributed by atoms with Gasteiger partial charge in [-0.3, -0.25) is 0 Å². The zero-order valence-electron chi connectivity index (χ0n) is 13.2. The Bertz CT molecular complexity index is 951. The first kappa shape index (κ1) is 15.6. The molecule has 0 saturated carbocycles. The predicted octanol–water partition coefficient (Wildman–Crippen LogP) is 3.44. The van der Waals surface area contributed by atoms with E-state index in [1.54, 1.807) is 47.9 Å². The van der Waals surface area contributed by atoms with Gasteiger partial charge in [0.05, 0.1) is 23.8 Å². The van der Waals surface area contributed by atoms with E-state index in [0.29, 0.717) is 23.2 Å². The van der Waals surface area contributed by atoms with Crippen molar-refractivity contribution in [2.75, 3.05) is 6.61 Å². The van der Waals surface area contributed by atoms with Crippen molar-refractivity contribution in [2.24, 2.45) is 0 Å².